The molecule has 0 spiro atoms. The second kappa shape index (κ2) is 4.93. The molecule has 14 heavy (non-hydrogen) atoms. The first-order valence-electron chi connectivity index (χ1n) is 5.69. The summed E-state index contributed by atoms with van der Waals surface area (Å²) in [6, 6.07) is 3.13. The van der Waals surface area contributed by atoms with Crippen LogP contribution in [-0.4, -0.2) is 15.9 Å². The van der Waals surface area contributed by atoms with Gasteiger partial charge >= 0.3 is 0 Å². The van der Waals surface area contributed by atoms with Crippen molar-refractivity contribution in [2.45, 2.75) is 13.0 Å². The Kier molecular flexibility index (Phi) is 2.24. The van der Waals surface area contributed by atoms with E-state index in [1.54, 1.807) is 0 Å². The van der Waals surface area contributed by atoms with E-state index >= 15 is 0 Å². The standard InChI is InChI=1S/C9H10ClNO3/c10-2-1-7-3-8(6-12)5-9(4-7)11(13)14/h3-5,12H,1-2,6H2/i2D2,6D2. The van der Waals surface area contributed by atoms with E-state index in [1.165, 1.54) is 0 Å². The smallest absolute Gasteiger partial charge is 0.270 e. The molecule has 4 nitrogen and oxygen atoms in total. The van der Waals surface area contributed by atoms with Gasteiger partial charge in [0.15, 0.2) is 0 Å². The molecular formula is C9H10ClNO3. The van der Waals surface area contributed by atoms with E-state index < -0.39 is 23.0 Å². The van der Waals surface area contributed by atoms with Gasteiger partial charge in [0.05, 0.1) is 14.2 Å². The maximum Gasteiger partial charge on any atom is 0.270 e. The summed E-state index contributed by atoms with van der Waals surface area (Å²) in [5.41, 5.74) is -0.605. The highest BCUT2D eigenvalue weighted by atomic mass is 35.5. The van der Waals surface area contributed by atoms with Crippen LogP contribution >= 0.6 is 11.6 Å². The fourth-order valence-corrected chi connectivity index (χ4v) is 1.18. The summed E-state index contributed by atoms with van der Waals surface area (Å²) < 4.78 is 28.6. The first-order valence-corrected chi connectivity index (χ1v) is 4.07. The van der Waals surface area contributed by atoms with Gasteiger partial charge in [-0.2, -0.15) is 0 Å². The summed E-state index contributed by atoms with van der Waals surface area (Å²) in [6.07, 6.45) is -0.334. The maximum atomic E-state index is 10.7. The van der Waals surface area contributed by atoms with Gasteiger partial charge in [-0.25, -0.2) is 0 Å². The van der Waals surface area contributed by atoms with Crippen molar-refractivity contribution in [3.05, 3.63) is 39.4 Å². The lowest BCUT2D eigenvalue weighted by atomic mass is 10.1. The summed E-state index contributed by atoms with van der Waals surface area (Å²) in [4.78, 5) is 9.93. The number of hydrogen-bond donors (Lipinski definition) is 1. The number of halogens is 1. The minimum absolute atomic E-state index is 0.136. The topological polar surface area (TPSA) is 63.4 Å². The van der Waals surface area contributed by atoms with Crippen LogP contribution in [-0.2, 0) is 13.0 Å². The van der Waals surface area contributed by atoms with E-state index in [0.717, 1.165) is 18.2 Å². The molecule has 0 atom stereocenters. The summed E-state index contributed by atoms with van der Waals surface area (Å²) in [5.74, 6) is -2.10. The van der Waals surface area contributed by atoms with Crippen LogP contribution in [0.25, 0.3) is 0 Å². The Hall–Kier alpha value is -1.13. The SMILES string of the molecule is [2H]C([2H])(Cl)Cc1cc([N+](=O)[O-])cc(C([2H])([2H])O)c1. The van der Waals surface area contributed by atoms with E-state index in [-0.39, 0.29) is 17.5 Å². The Morgan fingerprint density at radius 2 is 2.14 bits per heavy atom. The molecule has 0 fully saturated rings. The maximum absolute atomic E-state index is 10.7. The van der Waals surface area contributed by atoms with E-state index in [0.29, 0.717) is 0 Å². The van der Waals surface area contributed by atoms with Crippen molar-refractivity contribution in [3.8, 4) is 0 Å². The molecule has 0 saturated carbocycles. The van der Waals surface area contributed by atoms with E-state index in [4.69, 9.17) is 17.1 Å². The van der Waals surface area contributed by atoms with Crippen LogP contribution in [0.1, 0.15) is 16.6 Å². The lowest BCUT2D eigenvalue weighted by molar-refractivity contribution is -0.385. The second-order valence-electron chi connectivity index (χ2n) is 2.57. The van der Waals surface area contributed by atoms with Crippen LogP contribution in [0, 0.1) is 10.1 Å². The van der Waals surface area contributed by atoms with Gasteiger partial charge in [-0.1, -0.05) is 6.07 Å². The highest BCUT2D eigenvalue weighted by molar-refractivity contribution is 6.17. The number of nitro benzene ring substituents is 1. The summed E-state index contributed by atoms with van der Waals surface area (Å²) >= 11 is 5.37. The molecule has 0 bridgehead atoms. The second-order valence-corrected chi connectivity index (χ2v) is 2.83. The molecule has 1 aromatic rings. The molecule has 76 valence electrons. The van der Waals surface area contributed by atoms with Crippen LogP contribution in [0.2, 0.25) is 0 Å². The molecule has 1 aromatic carbocycles. The quantitative estimate of drug-likeness (QED) is 0.478. The van der Waals surface area contributed by atoms with Crippen LogP contribution in [0.5, 0.6) is 0 Å². The minimum Gasteiger partial charge on any atom is -0.392 e. The van der Waals surface area contributed by atoms with Crippen LogP contribution < -0.4 is 0 Å². The molecular weight excluding hydrogens is 206 g/mol. The first-order chi connectivity index (χ1) is 7.99. The van der Waals surface area contributed by atoms with Crippen molar-refractivity contribution < 1.29 is 15.5 Å². The Morgan fingerprint density at radius 3 is 2.64 bits per heavy atom. The van der Waals surface area contributed by atoms with Gasteiger partial charge in [-0.3, -0.25) is 10.1 Å². The van der Waals surface area contributed by atoms with Crippen molar-refractivity contribution in [1.82, 2.24) is 0 Å². The molecule has 0 amide bonds. The van der Waals surface area contributed by atoms with E-state index in [1.807, 2.05) is 0 Å². The van der Waals surface area contributed by atoms with Gasteiger partial charge in [0.2, 0.25) is 0 Å². The highest BCUT2D eigenvalue weighted by Gasteiger charge is 2.08. The van der Waals surface area contributed by atoms with Gasteiger partial charge in [0.25, 0.3) is 5.69 Å². The van der Waals surface area contributed by atoms with Gasteiger partial charge in [0, 0.05) is 20.7 Å². The molecule has 0 radical (unpaired) electrons. The van der Waals surface area contributed by atoms with Gasteiger partial charge in [0.1, 0.15) is 0 Å². The number of aryl methyl sites for hydroxylation is 1. The Labute approximate surface area is 91.9 Å². The third-order valence-electron chi connectivity index (χ3n) is 1.59. The van der Waals surface area contributed by atoms with Crippen molar-refractivity contribution in [2.24, 2.45) is 0 Å². The predicted molar refractivity (Wildman–Crippen MR) is 53.4 cm³/mol. The zero-order valence-corrected chi connectivity index (χ0v) is 7.78. The number of nitro groups is 1. The molecule has 0 unspecified atom stereocenters. The predicted octanol–water partition coefficient (Wildman–Crippen LogP) is 1.87. The third kappa shape index (κ3) is 2.68. The molecule has 1 rings (SSSR count). The van der Waals surface area contributed by atoms with E-state index in [2.05, 4.69) is 0 Å². The van der Waals surface area contributed by atoms with Crippen LogP contribution in [0.3, 0.4) is 0 Å². The number of aliphatic hydroxyl groups is 1. The molecule has 0 aliphatic carbocycles. The molecule has 0 aliphatic heterocycles. The Morgan fingerprint density at radius 1 is 1.50 bits per heavy atom. The number of benzene rings is 1. The number of alkyl halides is 1. The monoisotopic (exact) mass is 219 g/mol. The lowest BCUT2D eigenvalue weighted by Crippen LogP contribution is -1.95. The zero-order valence-electron chi connectivity index (χ0n) is 11.0. The lowest BCUT2D eigenvalue weighted by Gasteiger charge is -2.01. The third-order valence-corrected chi connectivity index (χ3v) is 1.72. The van der Waals surface area contributed by atoms with Gasteiger partial charge in [-0.05, 0) is 17.5 Å². The van der Waals surface area contributed by atoms with Crippen molar-refractivity contribution >= 4 is 17.3 Å². The van der Waals surface area contributed by atoms with Crippen molar-refractivity contribution in [2.75, 3.05) is 5.83 Å². The molecule has 5 heteroatoms. The van der Waals surface area contributed by atoms with Crippen molar-refractivity contribution in [1.29, 1.82) is 0 Å². The highest BCUT2D eigenvalue weighted by Crippen LogP contribution is 2.18. The summed E-state index contributed by atoms with van der Waals surface area (Å²) in [7, 11) is 0. The normalized spacial score (nSPS) is 16.4. The van der Waals surface area contributed by atoms with Crippen molar-refractivity contribution in [3.63, 3.8) is 0 Å². The largest absolute Gasteiger partial charge is 0.392 e. The van der Waals surface area contributed by atoms with Crippen LogP contribution in [0.4, 0.5) is 5.69 Å². The number of rotatable bonds is 4. The molecule has 1 N–H and O–H groups in total. The average Bonchev–Trinajstić information content (AvgIpc) is 2.12. The fourth-order valence-electron chi connectivity index (χ4n) is 1.02. The summed E-state index contributed by atoms with van der Waals surface area (Å²) in [6.45, 7) is -2.74. The number of non-ortho nitro benzene ring substituents is 1. The van der Waals surface area contributed by atoms with Crippen LogP contribution in [0.15, 0.2) is 18.2 Å². The summed E-state index contributed by atoms with van der Waals surface area (Å²) in [5, 5.41) is 19.9. The average molecular weight is 220 g/mol. The fraction of sp³-hybridized carbons (Fsp3) is 0.333. The molecule has 0 aromatic heterocycles. The minimum atomic E-state index is -2.74. The molecule has 0 saturated heterocycles. The Balaban J connectivity index is 3.27. The molecule has 0 aliphatic rings. The first kappa shape index (κ1) is 6.37. The molecule has 0 heterocycles. The Bertz CT molecular complexity index is 470. The van der Waals surface area contributed by atoms with Gasteiger partial charge in [-0.15, -0.1) is 11.6 Å². The number of hydrogen-bond acceptors (Lipinski definition) is 3. The number of nitrogens with zero attached hydrogens (tertiary/aromatic N) is 1. The van der Waals surface area contributed by atoms with Gasteiger partial charge < -0.3 is 5.11 Å². The zero-order chi connectivity index (χ0) is 14.1. The van der Waals surface area contributed by atoms with E-state index in [9.17, 15) is 15.2 Å².